The third-order valence-electron chi connectivity index (χ3n) is 7.43. The molecule has 2 unspecified atom stereocenters. The van der Waals surface area contributed by atoms with E-state index in [0.717, 1.165) is 17.7 Å². The number of nitrogens with one attached hydrogen (secondary N) is 2. The Balaban J connectivity index is 1.41. The van der Waals surface area contributed by atoms with Crippen molar-refractivity contribution < 1.29 is 32.6 Å². The molecule has 0 aliphatic carbocycles. The van der Waals surface area contributed by atoms with Gasteiger partial charge in [-0.2, -0.15) is 0 Å². The van der Waals surface area contributed by atoms with Gasteiger partial charge in [-0.3, -0.25) is 14.5 Å². The number of urea groups is 1. The van der Waals surface area contributed by atoms with E-state index in [1.165, 1.54) is 32.4 Å². The van der Waals surface area contributed by atoms with Crippen molar-refractivity contribution in [1.29, 1.82) is 0 Å². The molecule has 216 valence electrons. The van der Waals surface area contributed by atoms with E-state index in [0.29, 0.717) is 43.4 Å². The van der Waals surface area contributed by atoms with Crippen molar-refractivity contribution >= 4 is 17.8 Å². The number of methoxy groups -OCH3 is 2. The van der Waals surface area contributed by atoms with Crippen LogP contribution in [0.1, 0.15) is 49.7 Å². The highest BCUT2D eigenvalue weighted by Crippen LogP contribution is 2.24. The normalized spacial score (nSPS) is 20.1. The van der Waals surface area contributed by atoms with Crippen molar-refractivity contribution in [3.05, 3.63) is 59.2 Å². The van der Waals surface area contributed by atoms with Gasteiger partial charge in [-0.1, -0.05) is 12.1 Å². The Morgan fingerprint density at radius 1 is 0.850 bits per heavy atom. The molecule has 2 aromatic rings. The van der Waals surface area contributed by atoms with Crippen LogP contribution in [-0.4, -0.2) is 67.0 Å². The van der Waals surface area contributed by atoms with Crippen molar-refractivity contribution in [3.8, 4) is 11.5 Å². The van der Waals surface area contributed by atoms with Gasteiger partial charge in [0.25, 0.3) is 5.91 Å². The van der Waals surface area contributed by atoms with Crippen LogP contribution < -0.4 is 20.1 Å². The lowest BCUT2D eigenvalue weighted by Gasteiger charge is -2.33. The second kappa shape index (κ2) is 13.6. The number of benzene rings is 2. The van der Waals surface area contributed by atoms with Gasteiger partial charge in [-0.05, 0) is 73.9 Å². The van der Waals surface area contributed by atoms with Crippen LogP contribution in [0.4, 0.5) is 13.6 Å². The monoisotopic (exact) mass is 558 g/mol. The fourth-order valence-corrected chi connectivity index (χ4v) is 5.23. The topological polar surface area (TPSA) is 100 Å². The molecule has 0 saturated carbocycles. The van der Waals surface area contributed by atoms with Crippen LogP contribution in [0, 0.1) is 11.6 Å². The van der Waals surface area contributed by atoms with Crippen molar-refractivity contribution in [3.63, 3.8) is 0 Å². The zero-order valence-corrected chi connectivity index (χ0v) is 22.9. The molecule has 0 spiro atoms. The number of hydrogen-bond acceptors (Lipinski definition) is 6. The molecule has 2 aliphatic rings. The summed E-state index contributed by atoms with van der Waals surface area (Å²) in [5.74, 6) is -1.37. The summed E-state index contributed by atoms with van der Waals surface area (Å²) in [6, 6.07) is 7.18. The molecular formula is C29H36F2N4O5. The number of carbonyl (C=O) groups excluding carboxylic acids is 3. The van der Waals surface area contributed by atoms with Crippen LogP contribution in [0.3, 0.4) is 0 Å². The summed E-state index contributed by atoms with van der Waals surface area (Å²) in [6.07, 6.45) is 3.91. The number of hydrogen-bond donors (Lipinski definition) is 2. The minimum atomic E-state index is -0.750. The van der Waals surface area contributed by atoms with Crippen LogP contribution >= 0.6 is 0 Å². The van der Waals surface area contributed by atoms with E-state index < -0.39 is 35.7 Å². The van der Waals surface area contributed by atoms with E-state index in [1.807, 2.05) is 0 Å². The molecule has 4 rings (SSSR count). The van der Waals surface area contributed by atoms with E-state index in [9.17, 15) is 23.2 Å². The third-order valence-corrected chi connectivity index (χ3v) is 7.43. The highest BCUT2D eigenvalue weighted by Gasteiger charge is 2.39. The molecule has 2 N–H and O–H groups in total. The van der Waals surface area contributed by atoms with Gasteiger partial charge in [0.15, 0.2) is 23.1 Å². The Hall–Kier alpha value is -3.73. The fourth-order valence-electron chi connectivity index (χ4n) is 5.23. The molecule has 0 radical (unpaired) electrons. The summed E-state index contributed by atoms with van der Waals surface area (Å²) in [4.78, 5) is 43.0. The number of halogens is 2. The van der Waals surface area contributed by atoms with Gasteiger partial charge in [0, 0.05) is 26.2 Å². The molecule has 2 aromatic carbocycles. The SMILES string of the molecule is COc1ccc(CNC(=O)N2CCCCC(N3CCCCC(NCc4ccc(OC)c(F)c4)C3=O)C2=O)cc1F. The number of nitrogens with zero attached hydrogens (tertiary/aromatic N) is 2. The smallest absolute Gasteiger partial charge is 0.324 e. The second-order valence-corrected chi connectivity index (χ2v) is 10.1. The molecule has 2 saturated heterocycles. The number of imide groups is 1. The Morgan fingerprint density at radius 3 is 2.08 bits per heavy atom. The molecule has 2 atom stereocenters. The standard InChI is InChI=1S/C29H36F2N4O5/c1-39-25-11-9-19(15-21(25)30)17-32-23-7-3-5-13-34(27(23)36)24-8-4-6-14-35(28(24)37)29(38)33-18-20-10-12-26(40-2)22(31)16-20/h9-12,15-16,23-24,32H,3-8,13-14,17-18H2,1-2H3,(H,33,38). The van der Waals surface area contributed by atoms with Gasteiger partial charge in [0.05, 0.1) is 20.3 Å². The lowest BCUT2D eigenvalue weighted by Crippen LogP contribution is -2.56. The molecule has 2 fully saturated rings. The zero-order valence-electron chi connectivity index (χ0n) is 22.9. The van der Waals surface area contributed by atoms with Crippen LogP contribution in [-0.2, 0) is 22.7 Å². The van der Waals surface area contributed by atoms with Gasteiger partial charge in [-0.25, -0.2) is 13.6 Å². The summed E-state index contributed by atoms with van der Waals surface area (Å²) in [6.45, 7) is 0.981. The van der Waals surface area contributed by atoms with Crippen molar-refractivity contribution in [2.45, 2.75) is 63.7 Å². The first-order valence-electron chi connectivity index (χ1n) is 13.6. The second-order valence-electron chi connectivity index (χ2n) is 10.1. The largest absolute Gasteiger partial charge is 0.494 e. The van der Waals surface area contributed by atoms with Crippen LogP contribution in [0.2, 0.25) is 0 Å². The van der Waals surface area contributed by atoms with Crippen LogP contribution in [0.5, 0.6) is 11.5 Å². The molecular weight excluding hydrogens is 522 g/mol. The molecule has 9 nitrogen and oxygen atoms in total. The van der Waals surface area contributed by atoms with Crippen LogP contribution in [0.15, 0.2) is 36.4 Å². The molecule has 4 amide bonds. The summed E-state index contributed by atoms with van der Waals surface area (Å²) in [5.41, 5.74) is 1.20. The first-order chi connectivity index (χ1) is 19.3. The Kier molecular flexibility index (Phi) is 9.92. The summed E-state index contributed by atoms with van der Waals surface area (Å²) in [5, 5.41) is 5.94. The van der Waals surface area contributed by atoms with E-state index in [-0.39, 0.29) is 37.0 Å². The van der Waals surface area contributed by atoms with Gasteiger partial charge >= 0.3 is 6.03 Å². The summed E-state index contributed by atoms with van der Waals surface area (Å²) < 4.78 is 38.0. The number of carbonyl (C=O) groups is 3. The van der Waals surface area contributed by atoms with Crippen LogP contribution in [0.25, 0.3) is 0 Å². The minimum Gasteiger partial charge on any atom is -0.494 e. The van der Waals surface area contributed by atoms with E-state index >= 15 is 0 Å². The molecule has 2 heterocycles. The number of ether oxygens (including phenoxy) is 2. The average molecular weight is 559 g/mol. The number of likely N-dealkylation sites (tertiary alicyclic amines) is 2. The summed E-state index contributed by atoms with van der Waals surface area (Å²) in [7, 11) is 2.77. The van der Waals surface area contributed by atoms with E-state index in [2.05, 4.69) is 10.6 Å². The summed E-state index contributed by atoms with van der Waals surface area (Å²) >= 11 is 0. The number of amides is 4. The fraction of sp³-hybridized carbons (Fsp3) is 0.483. The minimum absolute atomic E-state index is 0.0365. The molecule has 0 aromatic heterocycles. The highest BCUT2D eigenvalue weighted by atomic mass is 19.1. The lowest BCUT2D eigenvalue weighted by molar-refractivity contribution is -0.144. The predicted octanol–water partition coefficient (Wildman–Crippen LogP) is 3.74. The first-order valence-corrected chi connectivity index (χ1v) is 13.6. The van der Waals surface area contributed by atoms with Gasteiger partial charge in [0.1, 0.15) is 6.04 Å². The van der Waals surface area contributed by atoms with Crippen molar-refractivity contribution in [2.75, 3.05) is 27.3 Å². The molecule has 11 heteroatoms. The quantitative estimate of drug-likeness (QED) is 0.512. The third kappa shape index (κ3) is 6.88. The maximum Gasteiger partial charge on any atom is 0.324 e. The lowest BCUT2D eigenvalue weighted by atomic mass is 10.1. The highest BCUT2D eigenvalue weighted by molar-refractivity contribution is 5.99. The van der Waals surface area contributed by atoms with Gasteiger partial charge < -0.3 is 25.0 Å². The van der Waals surface area contributed by atoms with E-state index in [1.54, 1.807) is 23.1 Å². The molecule has 2 aliphatic heterocycles. The van der Waals surface area contributed by atoms with E-state index in [4.69, 9.17) is 9.47 Å². The predicted molar refractivity (Wildman–Crippen MR) is 144 cm³/mol. The zero-order chi connectivity index (χ0) is 28.6. The molecule has 0 bridgehead atoms. The Labute approximate surface area is 232 Å². The maximum atomic E-state index is 14.1. The van der Waals surface area contributed by atoms with Crippen molar-refractivity contribution in [1.82, 2.24) is 20.4 Å². The van der Waals surface area contributed by atoms with Crippen molar-refractivity contribution in [2.24, 2.45) is 0 Å². The molecule has 40 heavy (non-hydrogen) atoms. The van der Waals surface area contributed by atoms with Gasteiger partial charge in [0.2, 0.25) is 5.91 Å². The Bertz CT molecular complexity index is 1230. The van der Waals surface area contributed by atoms with Gasteiger partial charge in [-0.15, -0.1) is 0 Å². The number of rotatable bonds is 8. The average Bonchev–Trinajstić information content (AvgIpc) is 3.25. The maximum absolute atomic E-state index is 14.1. The first kappa shape index (κ1) is 29.3. The Morgan fingerprint density at radius 2 is 1.45 bits per heavy atom.